The number of anilines is 1. The predicted octanol–water partition coefficient (Wildman–Crippen LogP) is 1.99. The van der Waals surface area contributed by atoms with Crippen LogP contribution in [0.25, 0.3) is 0 Å². The van der Waals surface area contributed by atoms with Gasteiger partial charge in [-0.15, -0.1) is 0 Å². The zero-order chi connectivity index (χ0) is 13.7. The van der Waals surface area contributed by atoms with Crippen molar-refractivity contribution >= 4 is 11.6 Å². The Labute approximate surface area is 111 Å². The molecule has 4 nitrogen and oxygen atoms in total. The van der Waals surface area contributed by atoms with Crippen LogP contribution in [0.2, 0.25) is 0 Å². The van der Waals surface area contributed by atoms with E-state index < -0.39 is 0 Å². The Morgan fingerprint density at radius 3 is 2.95 bits per heavy atom. The van der Waals surface area contributed by atoms with Gasteiger partial charge in [-0.3, -0.25) is 4.79 Å². The molecule has 1 heterocycles. The Hall–Kier alpha value is -2.14. The second-order valence-electron chi connectivity index (χ2n) is 4.28. The molecule has 2 rings (SSSR count). The Morgan fingerprint density at radius 1 is 1.37 bits per heavy atom. The molecule has 19 heavy (non-hydrogen) atoms. The summed E-state index contributed by atoms with van der Waals surface area (Å²) >= 11 is 0. The molecule has 1 amide bonds. The fraction of sp³-hybridized carbons (Fsp3) is 0.214. The number of hydrogen-bond donors (Lipinski definition) is 2. The molecule has 0 atom stereocenters. The zero-order valence-corrected chi connectivity index (χ0v) is 10.7. The van der Waals surface area contributed by atoms with Crippen molar-refractivity contribution < 1.29 is 9.18 Å². The number of halogens is 1. The van der Waals surface area contributed by atoms with Crippen LogP contribution in [0.1, 0.15) is 5.56 Å². The third-order valence-corrected chi connectivity index (χ3v) is 2.63. The van der Waals surface area contributed by atoms with E-state index in [0.717, 1.165) is 12.1 Å². The van der Waals surface area contributed by atoms with Gasteiger partial charge in [0, 0.05) is 24.6 Å². The molecule has 5 heteroatoms. The molecule has 0 bridgehead atoms. The lowest BCUT2D eigenvalue weighted by molar-refractivity contribution is -0.116. The summed E-state index contributed by atoms with van der Waals surface area (Å²) in [6.45, 7) is 0.971. The molecular weight excluding hydrogens is 245 g/mol. The van der Waals surface area contributed by atoms with Crippen LogP contribution in [0.15, 0.2) is 42.7 Å². The molecular formula is C14H16FN3O. The number of rotatable bonds is 5. The lowest BCUT2D eigenvalue weighted by Gasteiger charge is -2.06. The minimum atomic E-state index is -0.366. The number of aromatic nitrogens is 1. The van der Waals surface area contributed by atoms with E-state index in [-0.39, 0.29) is 18.3 Å². The third kappa shape index (κ3) is 3.93. The molecule has 0 aliphatic heterocycles. The number of nitrogens with one attached hydrogen (secondary N) is 2. The van der Waals surface area contributed by atoms with Gasteiger partial charge in [0.1, 0.15) is 12.4 Å². The fourth-order valence-electron chi connectivity index (χ4n) is 1.83. The molecule has 0 aliphatic carbocycles. The summed E-state index contributed by atoms with van der Waals surface area (Å²) in [6, 6.07) is 7.80. The van der Waals surface area contributed by atoms with Crippen LogP contribution in [-0.2, 0) is 17.9 Å². The van der Waals surface area contributed by atoms with Gasteiger partial charge in [-0.05, 0) is 36.9 Å². The van der Waals surface area contributed by atoms with Crippen molar-refractivity contribution in [3.05, 3.63) is 54.1 Å². The van der Waals surface area contributed by atoms with Crippen LogP contribution >= 0.6 is 0 Å². The number of benzene rings is 1. The summed E-state index contributed by atoms with van der Waals surface area (Å²) in [7, 11) is 1.87. The second kappa shape index (κ2) is 6.15. The van der Waals surface area contributed by atoms with Gasteiger partial charge in [-0.1, -0.05) is 6.07 Å². The minimum Gasteiger partial charge on any atom is -0.345 e. The largest absolute Gasteiger partial charge is 0.345 e. The maximum atomic E-state index is 13.0. The van der Waals surface area contributed by atoms with Gasteiger partial charge in [0.05, 0.1) is 0 Å². The topological polar surface area (TPSA) is 46.1 Å². The van der Waals surface area contributed by atoms with Gasteiger partial charge < -0.3 is 15.2 Å². The molecule has 1 aromatic carbocycles. The molecule has 0 spiro atoms. The van der Waals surface area contributed by atoms with E-state index in [1.165, 1.54) is 12.1 Å². The summed E-state index contributed by atoms with van der Waals surface area (Å²) in [5, 5.41) is 5.70. The van der Waals surface area contributed by atoms with Gasteiger partial charge in [0.15, 0.2) is 0 Å². The molecule has 1 aromatic heterocycles. The fourth-order valence-corrected chi connectivity index (χ4v) is 1.83. The van der Waals surface area contributed by atoms with Crippen molar-refractivity contribution in [2.45, 2.75) is 13.1 Å². The number of nitrogens with zero attached hydrogens (tertiary/aromatic N) is 1. The summed E-state index contributed by atoms with van der Waals surface area (Å²) < 4.78 is 14.8. The van der Waals surface area contributed by atoms with Crippen molar-refractivity contribution in [3.63, 3.8) is 0 Å². The summed E-state index contributed by atoms with van der Waals surface area (Å²) in [4.78, 5) is 11.8. The van der Waals surface area contributed by atoms with Gasteiger partial charge >= 0.3 is 0 Å². The van der Waals surface area contributed by atoms with Crippen molar-refractivity contribution in [2.75, 3.05) is 12.4 Å². The van der Waals surface area contributed by atoms with E-state index in [1.54, 1.807) is 16.7 Å². The first kappa shape index (κ1) is 13.3. The number of carbonyl (C=O) groups excluding carboxylic acids is 1. The smallest absolute Gasteiger partial charge is 0.244 e. The molecule has 2 aromatic rings. The van der Waals surface area contributed by atoms with Gasteiger partial charge in [0.25, 0.3) is 0 Å². The number of amides is 1. The summed E-state index contributed by atoms with van der Waals surface area (Å²) in [6.07, 6.45) is 3.75. The Morgan fingerprint density at radius 2 is 2.21 bits per heavy atom. The van der Waals surface area contributed by atoms with E-state index in [1.807, 2.05) is 25.5 Å². The van der Waals surface area contributed by atoms with Crippen LogP contribution in [0.3, 0.4) is 0 Å². The first-order valence-corrected chi connectivity index (χ1v) is 6.02. The summed E-state index contributed by atoms with van der Waals surface area (Å²) in [5.41, 5.74) is 1.58. The molecule has 0 aliphatic rings. The second-order valence-corrected chi connectivity index (χ2v) is 4.28. The Kier molecular flexibility index (Phi) is 4.30. The van der Waals surface area contributed by atoms with Gasteiger partial charge in [-0.2, -0.15) is 0 Å². The van der Waals surface area contributed by atoms with Crippen molar-refractivity contribution in [2.24, 2.45) is 0 Å². The van der Waals surface area contributed by atoms with Crippen LogP contribution < -0.4 is 10.6 Å². The molecule has 0 saturated heterocycles. The van der Waals surface area contributed by atoms with E-state index in [2.05, 4.69) is 10.6 Å². The third-order valence-electron chi connectivity index (χ3n) is 2.63. The van der Waals surface area contributed by atoms with E-state index >= 15 is 0 Å². The molecule has 2 N–H and O–H groups in total. The first-order valence-electron chi connectivity index (χ1n) is 6.02. The SMILES string of the molecule is CNCc1ccn(CC(=O)Nc2cccc(F)c2)c1. The molecule has 100 valence electrons. The van der Waals surface area contributed by atoms with E-state index in [9.17, 15) is 9.18 Å². The Bertz CT molecular complexity index is 565. The van der Waals surface area contributed by atoms with Crippen LogP contribution in [0.5, 0.6) is 0 Å². The lowest BCUT2D eigenvalue weighted by Crippen LogP contribution is -2.18. The molecule has 0 saturated carbocycles. The zero-order valence-electron chi connectivity index (χ0n) is 10.7. The van der Waals surface area contributed by atoms with Crippen LogP contribution in [0, 0.1) is 5.82 Å². The van der Waals surface area contributed by atoms with E-state index in [4.69, 9.17) is 0 Å². The van der Waals surface area contributed by atoms with Crippen molar-refractivity contribution in [3.8, 4) is 0 Å². The first-order chi connectivity index (χ1) is 9.17. The van der Waals surface area contributed by atoms with Crippen molar-refractivity contribution in [1.29, 1.82) is 0 Å². The highest BCUT2D eigenvalue weighted by Gasteiger charge is 2.04. The van der Waals surface area contributed by atoms with Gasteiger partial charge in [-0.25, -0.2) is 4.39 Å². The maximum absolute atomic E-state index is 13.0. The summed E-state index contributed by atoms with van der Waals surface area (Å²) in [5.74, 6) is -0.549. The Balaban J connectivity index is 1.93. The highest BCUT2D eigenvalue weighted by atomic mass is 19.1. The highest BCUT2D eigenvalue weighted by Crippen LogP contribution is 2.09. The predicted molar refractivity (Wildman–Crippen MR) is 72.2 cm³/mol. The van der Waals surface area contributed by atoms with Gasteiger partial charge in [0.2, 0.25) is 5.91 Å². The highest BCUT2D eigenvalue weighted by molar-refractivity contribution is 5.90. The van der Waals surface area contributed by atoms with Crippen LogP contribution in [0.4, 0.5) is 10.1 Å². The lowest BCUT2D eigenvalue weighted by atomic mass is 10.3. The minimum absolute atomic E-state index is 0.183. The number of hydrogen-bond acceptors (Lipinski definition) is 2. The maximum Gasteiger partial charge on any atom is 0.244 e. The average molecular weight is 261 g/mol. The normalized spacial score (nSPS) is 10.4. The quantitative estimate of drug-likeness (QED) is 0.864. The van der Waals surface area contributed by atoms with E-state index in [0.29, 0.717) is 5.69 Å². The molecule has 0 unspecified atom stereocenters. The molecule has 0 radical (unpaired) electrons. The van der Waals surface area contributed by atoms with Crippen LogP contribution in [-0.4, -0.2) is 17.5 Å². The monoisotopic (exact) mass is 261 g/mol. The molecule has 0 fully saturated rings. The van der Waals surface area contributed by atoms with Crippen molar-refractivity contribution in [1.82, 2.24) is 9.88 Å². The standard InChI is InChI=1S/C14H16FN3O/c1-16-8-11-5-6-18(9-11)10-14(19)17-13-4-2-3-12(15)7-13/h2-7,9,16H,8,10H2,1H3,(H,17,19). The number of carbonyl (C=O) groups is 1. The average Bonchev–Trinajstić information content (AvgIpc) is 2.77.